The molecule has 0 fully saturated rings. The molecule has 2 aromatic rings. The van der Waals surface area contributed by atoms with Crippen LogP contribution in [0, 0.1) is 15.9 Å². The average molecular weight is 295 g/mol. The van der Waals surface area contributed by atoms with Crippen molar-refractivity contribution in [1.82, 2.24) is 0 Å². The molecule has 0 heterocycles. The summed E-state index contributed by atoms with van der Waals surface area (Å²) >= 11 is 6.08. The van der Waals surface area contributed by atoms with Crippen molar-refractivity contribution in [2.24, 2.45) is 0 Å². The molecule has 0 aliphatic rings. The van der Waals surface area contributed by atoms with Gasteiger partial charge < -0.3 is 5.32 Å². The number of nitrogens with zero attached hydrogens (tertiary/aromatic N) is 1. The number of nitro groups is 1. The normalized spacial score (nSPS) is 11.9. The first-order valence-electron chi connectivity index (χ1n) is 5.93. The highest BCUT2D eigenvalue weighted by atomic mass is 35.5. The molecule has 0 aliphatic heterocycles. The number of benzene rings is 2. The third-order valence-electron chi connectivity index (χ3n) is 2.85. The predicted octanol–water partition coefficient (Wildman–Crippen LogP) is 4.56. The Morgan fingerprint density at radius 1 is 1.30 bits per heavy atom. The molecular weight excluding hydrogens is 283 g/mol. The fourth-order valence-electron chi connectivity index (χ4n) is 1.92. The highest BCUT2D eigenvalue weighted by molar-refractivity contribution is 6.31. The number of hydrogen-bond acceptors (Lipinski definition) is 3. The highest BCUT2D eigenvalue weighted by Gasteiger charge is 2.13. The Labute approximate surface area is 120 Å². The van der Waals surface area contributed by atoms with E-state index in [0.717, 1.165) is 11.6 Å². The monoisotopic (exact) mass is 294 g/mol. The van der Waals surface area contributed by atoms with Crippen molar-refractivity contribution >= 4 is 23.0 Å². The van der Waals surface area contributed by atoms with Crippen LogP contribution in [0.15, 0.2) is 42.5 Å². The first kappa shape index (κ1) is 14.3. The van der Waals surface area contributed by atoms with Crippen LogP contribution >= 0.6 is 11.6 Å². The minimum atomic E-state index is -0.659. The number of non-ortho nitro benzene ring substituents is 1. The van der Waals surface area contributed by atoms with E-state index in [1.807, 2.05) is 25.1 Å². The van der Waals surface area contributed by atoms with Crippen LogP contribution in [0.25, 0.3) is 0 Å². The maximum atomic E-state index is 13.3. The van der Waals surface area contributed by atoms with Crippen molar-refractivity contribution < 1.29 is 9.31 Å². The van der Waals surface area contributed by atoms with Gasteiger partial charge in [0.25, 0.3) is 5.69 Å². The summed E-state index contributed by atoms with van der Waals surface area (Å²) in [7, 11) is 0. The zero-order valence-electron chi connectivity index (χ0n) is 10.6. The van der Waals surface area contributed by atoms with Crippen LogP contribution in [0.2, 0.25) is 5.02 Å². The Balaban J connectivity index is 2.26. The molecule has 0 amide bonds. The number of hydrogen-bond donors (Lipinski definition) is 1. The maximum Gasteiger partial charge on any atom is 0.274 e. The fraction of sp³-hybridized carbons (Fsp3) is 0.143. The second-order valence-electron chi connectivity index (χ2n) is 4.34. The third-order valence-corrected chi connectivity index (χ3v) is 3.19. The van der Waals surface area contributed by atoms with E-state index in [1.165, 1.54) is 12.1 Å². The molecule has 0 aromatic heterocycles. The molecule has 20 heavy (non-hydrogen) atoms. The van der Waals surface area contributed by atoms with Gasteiger partial charge in [-0.25, -0.2) is 4.39 Å². The van der Waals surface area contributed by atoms with Gasteiger partial charge in [0.15, 0.2) is 0 Å². The van der Waals surface area contributed by atoms with Crippen LogP contribution in [0.1, 0.15) is 18.5 Å². The van der Waals surface area contributed by atoms with E-state index in [1.54, 1.807) is 6.07 Å². The van der Waals surface area contributed by atoms with Crippen molar-refractivity contribution in [3.05, 3.63) is 69.0 Å². The molecule has 104 valence electrons. The molecule has 1 N–H and O–H groups in total. The largest absolute Gasteiger partial charge is 0.378 e. The zero-order valence-corrected chi connectivity index (χ0v) is 11.4. The topological polar surface area (TPSA) is 55.2 Å². The fourth-order valence-corrected chi connectivity index (χ4v) is 2.22. The minimum Gasteiger partial charge on any atom is -0.378 e. The van der Waals surface area contributed by atoms with Crippen molar-refractivity contribution in [3.8, 4) is 0 Å². The smallest absolute Gasteiger partial charge is 0.274 e. The summed E-state index contributed by atoms with van der Waals surface area (Å²) in [5.74, 6) is -0.659. The second kappa shape index (κ2) is 5.88. The lowest BCUT2D eigenvalue weighted by molar-refractivity contribution is -0.385. The lowest BCUT2D eigenvalue weighted by Crippen LogP contribution is -2.07. The van der Waals surface area contributed by atoms with Gasteiger partial charge in [-0.05, 0) is 24.6 Å². The summed E-state index contributed by atoms with van der Waals surface area (Å²) in [5.41, 5.74) is 0.879. The Kier molecular flexibility index (Phi) is 4.20. The summed E-state index contributed by atoms with van der Waals surface area (Å²) < 4.78 is 13.3. The SMILES string of the molecule is CC(Nc1cc(F)cc([N+](=O)[O-])c1)c1ccccc1Cl. The molecule has 0 saturated heterocycles. The van der Waals surface area contributed by atoms with Crippen molar-refractivity contribution in [1.29, 1.82) is 0 Å². The molecular formula is C14H12ClFN2O2. The zero-order chi connectivity index (χ0) is 14.7. The van der Waals surface area contributed by atoms with Gasteiger partial charge in [-0.3, -0.25) is 10.1 Å². The molecule has 0 spiro atoms. The Hall–Kier alpha value is -2.14. The summed E-state index contributed by atoms with van der Waals surface area (Å²) in [6, 6.07) is 10.4. The van der Waals surface area contributed by atoms with Gasteiger partial charge in [0, 0.05) is 22.8 Å². The third kappa shape index (κ3) is 3.24. The van der Waals surface area contributed by atoms with E-state index >= 15 is 0 Å². The number of nitrogens with one attached hydrogen (secondary N) is 1. The van der Waals surface area contributed by atoms with Gasteiger partial charge in [-0.1, -0.05) is 29.8 Å². The molecule has 0 radical (unpaired) electrons. The lowest BCUT2D eigenvalue weighted by atomic mass is 10.1. The molecule has 2 rings (SSSR count). The average Bonchev–Trinajstić information content (AvgIpc) is 2.38. The van der Waals surface area contributed by atoms with Crippen molar-refractivity contribution in [2.75, 3.05) is 5.32 Å². The summed E-state index contributed by atoms with van der Waals surface area (Å²) in [6.07, 6.45) is 0. The van der Waals surface area contributed by atoms with Gasteiger partial charge in [0.1, 0.15) is 5.82 Å². The first-order valence-corrected chi connectivity index (χ1v) is 6.31. The second-order valence-corrected chi connectivity index (χ2v) is 4.75. The highest BCUT2D eigenvalue weighted by Crippen LogP contribution is 2.27. The van der Waals surface area contributed by atoms with E-state index < -0.39 is 10.7 Å². The van der Waals surface area contributed by atoms with Crippen LogP contribution in [-0.2, 0) is 0 Å². The van der Waals surface area contributed by atoms with Gasteiger partial charge in [0.2, 0.25) is 0 Å². The van der Waals surface area contributed by atoms with Crippen LogP contribution in [0.4, 0.5) is 15.8 Å². The quantitative estimate of drug-likeness (QED) is 0.664. The molecule has 0 bridgehead atoms. The van der Waals surface area contributed by atoms with Crippen LogP contribution in [0.3, 0.4) is 0 Å². The van der Waals surface area contributed by atoms with Crippen molar-refractivity contribution in [3.63, 3.8) is 0 Å². The Bertz CT molecular complexity index is 649. The van der Waals surface area contributed by atoms with E-state index in [4.69, 9.17) is 11.6 Å². The van der Waals surface area contributed by atoms with Gasteiger partial charge >= 0.3 is 0 Å². The number of rotatable bonds is 4. The van der Waals surface area contributed by atoms with E-state index in [-0.39, 0.29) is 11.7 Å². The lowest BCUT2D eigenvalue weighted by Gasteiger charge is -2.16. The molecule has 0 saturated carbocycles. The molecule has 0 aliphatic carbocycles. The van der Waals surface area contributed by atoms with Crippen molar-refractivity contribution in [2.45, 2.75) is 13.0 Å². The Morgan fingerprint density at radius 3 is 2.65 bits per heavy atom. The van der Waals surface area contributed by atoms with E-state index in [0.29, 0.717) is 10.7 Å². The molecule has 2 aromatic carbocycles. The first-order chi connectivity index (χ1) is 9.47. The van der Waals surface area contributed by atoms with Crippen LogP contribution < -0.4 is 5.32 Å². The minimum absolute atomic E-state index is 0.204. The van der Waals surface area contributed by atoms with Crippen LogP contribution in [-0.4, -0.2) is 4.92 Å². The number of anilines is 1. The van der Waals surface area contributed by atoms with Crippen LogP contribution in [0.5, 0.6) is 0 Å². The predicted molar refractivity (Wildman–Crippen MR) is 76.5 cm³/mol. The molecule has 4 nitrogen and oxygen atoms in total. The summed E-state index contributed by atoms with van der Waals surface area (Å²) in [5, 5.41) is 14.3. The van der Waals surface area contributed by atoms with E-state index in [9.17, 15) is 14.5 Å². The summed E-state index contributed by atoms with van der Waals surface area (Å²) in [6.45, 7) is 1.85. The van der Waals surface area contributed by atoms with Gasteiger partial charge in [-0.2, -0.15) is 0 Å². The number of halogens is 2. The molecule has 1 unspecified atom stereocenters. The van der Waals surface area contributed by atoms with Gasteiger partial charge in [-0.15, -0.1) is 0 Å². The maximum absolute atomic E-state index is 13.3. The van der Waals surface area contributed by atoms with E-state index in [2.05, 4.69) is 5.32 Å². The van der Waals surface area contributed by atoms with Gasteiger partial charge in [0.05, 0.1) is 11.0 Å². The number of nitro benzene ring substituents is 1. The Morgan fingerprint density at radius 2 is 2.00 bits per heavy atom. The molecule has 1 atom stereocenters. The molecule has 6 heteroatoms. The summed E-state index contributed by atoms with van der Waals surface area (Å²) in [4.78, 5) is 10.1. The standard InChI is InChI=1S/C14H12ClFN2O2/c1-9(13-4-2-3-5-14(13)15)17-11-6-10(16)7-12(8-11)18(19)20/h2-9,17H,1H3.